The molecule has 0 amide bonds. The van der Waals surface area contributed by atoms with E-state index in [4.69, 9.17) is 15.8 Å². The van der Waals surface area contributed by atoms with Crippen molar-refractivity contribution in [2.45, 2.75) is 58.3 Å². The Morgan fingerprint density at radius 1 is 1.06 bits per heavy atom. The van der Waals surface area contributed by atoms with Gasteiger partial charge in [0.15, 0.2) is 5.84 Å². The molecular formula is C28H35N7O. The number of aromatic nitrogens is 2. The van der Waals surface area contributed by atoms with Crippen molar-refractivity contribution < 1.29 is 5.11 Å². The highest BCUT2D eigenvalue weighted by atomic mass is 16.3. The minimum Gasteiger partial charge on any atom is -0.392 e. The second kappa shape index (κ2) is 11.5. The number of aliphatic hydroxyl groups excluding tert-OH is 1. The number of aliphatic hydroxyl groups is 1. The first-order chi connectivity index (χ1) is 17.4. The van der Waals surface area contributed by atoms with E-state index in [1.807, 2.05) is 42.7 Å². The number of likely N-dealkylation sites (tertiary alicyclic amines) is 1. The summed E-state index contributed by atoms with van der Waals surface area (Å²) in [6.07, 6.45) is 6.89. The van der Waals surface area contributed by atoms with Crippen LogP contribution in [0.5, 0.6) is 0 Å². The molecule has 0 aliphatic carbocycles. The molecule has 1 fully saturated rings. The fraction of sp³-hybridized carbons (Fsp3) is 0.357. The van der Waals surface area contributed by atoms with Gasteiger partial charge in [0.05, 0.1) is 30.1 Å². The quantitative estimate of drug-likeness (QED) is 0.225. The number of benzene rings is 1. The number of rotatable bonds is 7. The molecule has 188 valence electrons. The Bertz CT molecular complexity index is 1190. The number of amidine groups is 1. The fourth-order valence-corrected chi connectivity index (χ4v) is 5.15. The van der Waals surface area contributed by atoms with Crippen LogP contribution in [0.25, 0.3) is 0 Å². The number of nitrogens with two attached hydrogens (primary N) is 1. The molecule has 0 radical (unpaired) electrons. The molecule has 1 aliphatic rings. The van der Waals surface area contributed by atoms with E-state index in [0.717, 1.165) is 47.3 Å². The number of hydrogen-bond donors (Lipinski definition) is 2. The van der Waals surface area contributed by atoms with Crippen molar-refractivity contribution in [1.29, 1.82) is 0 Å². The first-order valence-corrected chi connectivity index (χ1v) is 12.3. The molecule has 1 aliphatic heterocycles. The predicted molar refractivity (Wildman–Crippen MR) is 143 cm³/mol. The van der Waals surface area contributed by atoms with Crippen LogP contribution < -0.4 is 5.84 Å². The Balaban J connectivity index is 1.77. The summed E-state index contributed by atoms with van der Waals surface area (Å²) in [5.74, 6) is 6.09. The van der Waals surface area contributed by atoms with E-state index in [-0.39, 0.29) is 18.7 Å². The molecule has 4 rings (SSSR count). The van der Waals surface area contributed by atoms with Crippen molar-refractivity contribution in [3.63, 3.8) is 0 Å². The van der Waals surface area contributed by atoms with Crippen molar-refractivity contribution >= 4 is 12.6 Å². The number of hydrazine groups is 1. The SMILES string of the molecule is C=N/C(=N\N(C)N)c1ccc(CN2C(c3ncccc3C)CCC[C@H]2c2ncccc2C)c(CO)c1. The van der Waals surface area contributed by atoms with E-state index in [0.29, 0.717) is 12.4 Å². The summed E-state index contributed by atoms with van der Waals surface area (Å²) >= 11 is 0. The maximum Gasteiger partial charge on any atom is 0.180 e. The van der Waals surface area contributed by atoms with Gasteiger partial charge in [-0.3, -0.25) is 14.9 Å². The maximum absolute atomic E-state index is 10.3. The zero-order valence-electron chi connectivity index (χ0n) is 21.3. The lowest BCUT2D eigenvalue weighted by Gasteiger charge is -2.43. The summed E-state index contributed by atoms with van der Waals surface area (Å²) in [5.41, 5.74) is 7.21. The number of hydrogen-bond acceptors (Lipinski definition) is 7. The van der Waals surface area contributed by atoms with Crippen LogP contribution in [0.2, 0.25) is 0 Å². The summed E-state index contributed by atoms with van der Waals surface area (Å²) in [7, 11) is 1.63. The van der Waals surface area contributed by atoms with Crippen LogP contribution in [0.15, 0.2) is 65.0 Å². The third-order valence-electron chi connectivity index (χ3n) is 6.88. The largest absolute Gasteiger partial charge is 0.392 e. The van der Waals surface area contributed by atoms with Gasteiger partial charge in [0.1, 0.15) is 0 Å². The average molecular weight is 486 g/mol. The maximum atomic E-state index is 10.3. The lowest BCUT2D eigenvalue weighted by atomic mass is 9.88. The van der Waals surface area contributed by atoms with E-state index < -0.39 is 0 Å². The Kier molecular flexibility index (Phi) is 8.20. The molecule has 0 bridgehead atoms. The molecule has 3 heterocycles. The van der Waals surface area contributed by atoms with Crippen LogP contribution in [0.4, 0.5) is 0 Å². The Morgan fingerprint density at radius 2 is 1.67 bits per heavy atom. The van der Waals surface area contributed by atoms with Gasteiger partial charge < -0.3 is 5.11 Å². The highest BCUT2D eigenvalue weighted by Crippen LogP contribution is 2.43. The van der Waals surface area contributed by atoms with Gasteiger partial charge in [-0.25, -0.2) is 16.0 Å². The van der Waals surface area contributed by atoms with Crippen LogP contribution >= 0.6 is 0 Å². The Morgan fingerprint density at radius 3 is 2.17 bits per heavy atom. The topological polar surface area (TPSA) is 103 Å². The van der Waals surface area contributed by atoms with Crippen LogP contribution in [-0.2, 0) is 13.2 Å². The molecule has 8 heteroatoms. The monoisotopic (exact) mass is 485 g/mol. The van der Waals surface area contributed by atoms with Crippen molar-refractivity contribution in [3.05, 3.63) is 94.1 Å². The minimum absolute atomic E-state index is 0.0968. The number of hydrazone groups is 1. The van der Waals surface area contributed by atoms with Crippen LogP contribution in [-0.4, -0.2) is 44.7 Å². The Labute approximate surface area is 213 Å². The number of pyridine rings is 2. The second-order valence-corrected chi connectivity index (χ2v) is 9.34. The number of aryl methyl sites for hydroxylation is 2. The Hall–Kier alpha value is -3.46. The van der Waals surface area contributed by atoms with Crippen LogP contribution in [0.1, 0.15) is 70.6 Å². The molecule has 2 aromatic heterocycles. The predicted octanol–water partition coefficient (Wildman–Crippen LogP) is 4.22. The molecular weight excluding hydrogens is 450 g/mol. The van der Waals surface area contributed by atoms with E-state index >= 15 is 0 Å². The van der Waals surface area contributed by atoms with Gasteiger partial charge in [-0.15, -0.1) is 5.10 Å². The molecule has 1 aromatic carbocycles. The third kappa shape index (κ3) is 5.51. The summed E-state index contributed by atoms with van der Waals surface area (Å²) in [4.78, 5) is 16.1. The zero-order valence-corrected chi connectivity index (χ0v) is 21.3. The van der Waals surface area contributed by atoms with Gasteiger partial charge in [-0.1, -0.05) is 24.3 Å². The van der Waals surface area contributed by atoms with Crippen molar-refractivity contribution in [1.82, 2.24) is 20.0 Å². The first kappa shape index (κ1) is 25.6. The smallest absolute Gasteiger partial charge is 0.180 e. The summed E-state index contributed by atoms with van der Waals surface area (Å²) in [6, 6.07) is 14.4. The van der Waals surface area contributed by atoms with Gasteiger partial charge in [-0.2, -0.15) is 0 Å². The van der Waals surface area contributed by atoms with Gasteiger partial charge >= 0.3 is 0 Å². The second-order valence-electron chi connectivity index (χ2n) is 9.34. The van der Waals surface area contributed by atoms with Gasteiger partial charge in [0.2, 0.25) is 0 Å². The highest BCUT2D eigenvalue weighted by Gasteiger charge is 2.35. The molecule has 2 atom stereocenters. The molecule has 8 nitrogen and oxygen atoms in total. The van der Waals surface area contributed by atoms with Crippen molar-refractivity contribution in [3.8, 4) is 0 Å². The first-order valence-electron chi connectivity index (χ1n) is 12.3. The molecule has 3 N–H and O–H groups in total. The molecule has 36 heavy (non-hydrogen) atoms. The lowest BCUT2D eigenvalue weighted by Crippen LogP contribution is -2.37. The minimum atomic E-state index is -0.0968. The summed E-state index contributed by atoms with van der Waals surface area (Å²) in [5, 5.41) is 15.7. The van der Waals surface area contributed by atoms with E-state index in [2.05, 4.69) is 47.7 Å². The van der Waals surface area contributed by atoms with Crippen molar-refractivity contribution in [2.75, 3.05) is 7.05 Å². The van der Waals surface area contributed by atoms with E-state index in [1.54, 1.807) is 7.05 Å². The van der Waals surface area contributed by atoms with Crippen molar-refractivity contribution in [2.24, 2.45) is 15.9 Å². The lowest BCUT2D eigenvalue weighted by molar-refractivity contribution is 0.0672. The summed E-state index contributed by atoms with van der Waals surface area (Å²) in [6.45, 7) is 8.43. The fourth-order valence-electron chi connectivity index (χ4n) is 5.15. The van der Waals surface area contributed by atoms with Gasteiger partial charge in [0.25, 0.3) is 0 Å². The third-order valence-corrected chi connectivity index (χ3v) is 6.88. The normalized spacial score (nSPS) is 18.8. The zero-order chi connectivity index (χ0) is 25.7. The van der Waals surface area contributed by atoms with Gasteiger partial charge in [-0.05, 0) is 80.3 Å². The number of piperidine rings is 1. The van der Waals surface area contributed by atoms with E-state index in [9.17, 15) is 5.11 Å². The summed E-state index contributed by atoms with van der Waals surface area (Å²) < 4.78 is 0. The van der Waals surface area contributed by atoms with E-state index in [1.165, 1.54) is 16.2 Å². The molecule has 3 aromatic rings. The number of nitrogens with zero attached hydrogens (tertiary/aromatic N) is 6. The average Bonchev–Trinajstić information content (AvgIpc) is 2.88. The molecule has 1 saturated heterocycles. The molecule has 0 saturated carbocycles. The molecule has 0 spiro atoms. The van der Waals surface area contributed by atoms with Gasteiger partial charge in [0, 0.05) is 31.5 Å². The number of aliphatic imine (C=N–C) groups is 1. The van der Waals surface area contributed by atoms with Crippen LogP contribution in [0, 0.1) is 13.8 Å². The molecule has 1 unspecified atom stereocenters. The standard InChI is InChI=1S/C28H35N7O/c1-19-8-6-14-31-26(19)24-10-5-11-25(27-20(2)9-7-15-32-27)35(24)17-22-13-12-21(16-23(22)18-36)28(30-3)33-34(4)29/h6-9,12-16,24-25,36H,3,5,10-11,17-18,29H2,1-2,4H3/b33-28-/t24-,25?/m0/s1. The highest BCUT2D eigenvalue weighted by molar-refractivity contribution is 6.01. The van der Waals surface area contributed by atoms with Crippen LogP contribution in [0.3, 0.4) is 0 Å².